The first-order valence-corrected chi connectivity index (χ1v) is 6.26. The molecule has 0 saturated carbocycles. The zero-order valence-electron chi connectivity index (χ0n) is 10.6. The molecule has 1 aliphatic rings. The van der Waals surface area contributed by atoms with E-state index >= 15 is 0 Å². The first kappa shape index (κ1) is 12.4. The first-order valence-electron chi connectivity index (χ1n) is 6.26. The SMILES string of the molecule is CC(C)CNC1(CO)CCOc2ccccc21. The molecular weight excluding hydrogens is 214 g/mol. The van der Waals surface area contributed by atoms with E-state index in [2.05, 4.69) is 19.2 Å². The fourth-order valence-corrected chi connectivity index (χ4v) is 2.26. The monoisotopic (exact) mass is 235 g/mol. The smallest absolute Gasteiger partial charge is 0.124 e. The molecule has 3 nitrogen and oxygen atoms in total. The summed E-state index contributed by atoms with van der Waals surface area (Å²) in [5, 5.41) is 13.3. The fraction of sp³-hybridized carbons (Fsp3) is 0.571. The molecule has 1 aliphatic heterocycles. The second-order valence-electron chi connectivity index (χ2n) is 5.11. The van der Waals surface area contributed by atoms with Crippen LogP contribution in [0.5, 0.6) is 5.75 Å². The number of aliphatic hydroxyl groups excluding tert-OH is 1. The van der Waals surface area contributed by atoms with E-state index in [9.17, 15) is 5.11 Å². The molecule has 2 rings (SSSR count). The van der Waals surface area contributed by atoms with E-state index in [1.807, 2.05) is 24.3 Å². The van der Waals surface area contributed by atoms with Crippen molar-refractivity contribution in [1.29, 1.82) is 0 Å². The van der Waals surface area contributed by atoms with Crippen LogP contribution in [0, 0.1) is 5.92 Å². The van der Waals surface area contributed by atoms with E-state index in [1.54, 1.807) is 0 Å². The second-order valence-corrected chi connectivity index (χ2v) is 5.11. The summed E-state index contributed by atoms with van der Waals surface area (Å²) in [7, 11) is 0. The van der Waals surface area contributed by atoms with Gasteiger partial charge in [0, 0.05) is 12.0 Å². The van der Waals surface area contributed by atoms with Gasteiger partial charge in [-0.25, -0.2) is 0 Å². The molecule has 1 aromatic rings. The van der Waals surface area contributed by atoms with Crippen LogP contribution in [0.4, 0.5) is 0 Å². The second kappa shape index (κ2) is 5.07. The Bertz CT molecular complexity index is 378. The number of aliphatic hydroxyl groups is 1. The lowest BCUT2D eigenvalue weighted by molar-refractivity contribution is 0.104. The highest BCUT2D eigenvalue weighted by Crippen LogP contribution is 2.36. The topological polar surface area (TPSA) is 41.5 Å². The Morgan fingerprint density at radius 2 is 2.18 bits per heavy atom. The molecule has 0 radical (unpaired) electrons. The van der Waals surface area contributed by atoms with Crippen molar-refractivity contribution in [1.82, 2.24) is 5.32 Å². The molecule has 0 fully saturated rings. The van der Waals surface area contributed by atoms with E-state index in [-0.39, 0.29) is 12.1 Å². The van der Waals surface area contributed by atoms with Gasteiger partial charge in [-0.1, -0.05) is 32.0 Å². The Labute approximate surface area is 103 Å². The number of ether oxygens (including phenoxy) is 1. The molecule has 0 saturated heterocycles. The maximum atomic E-state index is 9.78. The van der Waals surface area contributed by atoms with Gasteiger partial charge in [-0.2, -0.15) is 0 Å². The molecule has 1 aromatic carbocycles. The maximum Gasteiger partial charge on any atom is 0.124 e. The zero-order chi connectivity index (χ0) is 12.3. The number of para-hydroxylation sites is 1. The maximum absolute atomic E-state index is 9.78. The molecule has 1 atom stereocenters. The number of hydrogen-bond donors (Lipinski definition) is 2. The van der Waals surface area contributed by atoms with E-state index < -0.39 is 0 Å². The van der Waals surface area contributed by atoms with Crippen molar-refractivity contribution < 1.29 is 9.84 Å². The third-order valence-electron chi connectivity index (χ3n) is 3.31. The Hall–Kier alpha value is -1.06. The van der Waals surface area contributed by atoms with Gasteiger partial charge in [0.25, 0.3) is 0 Å². The Kier molecular flexibility index (Phi) is 3.69. The number of hydrogen-bond acceptors (Lipinski definition) is 3. The van der Waals surface area contributed by atoms with E-state index in [4.69, 9.17) is 4.74 Å². The highest BCUT2D eigenvalue weighted by atomic mass is 16.5. The molecule has 17 heavy (non-hydrogen) atoms. The van der Waals surface area contributed by atoms with Gasteiger partial charge in [0.05, 0.1) is 18.8 Å². The van der Waals surface area contributed by atoms with Crippen LogP contribution in [-0.2, 0) is 5.54 Å². The van der Waals surface area contributed by atoms with Crippen molar-refractivity contribution in [2.75, 3.05) is 19.8 Å². The lowest BCUT2D eigenvalue weighted by Gasteiger charge is -2.38. The first-order chi connectivity index (χ1) is 8.18. The predicted octanol–water partition coefficient (Wildman–Crippen LogP) is 1.90. The standard InChI is InChI=1S/C14H21NO2/c1-11(2)9-15-14(10-16)7-8-17-13-6-4-3-5-12(13)14/h3-6,11,15-16H,7-10H2,1-2H3. The van der Waals surface area contributed by atoms with Gasteiger partial charge in [-0.15, -0.1) is 0 Å². The van der Waals surface area contributed by atoms with Crippen LogP contribution < -0.4 is 10.1 Å². The van der Waals surface area contributed by atoms with Crippen molar-refractivity contribution in [2.24, 2.45) is 5.92 Å². The van der Waals surface area contributed by atoms with Gasteiger partial charge in [-0.05, 0) is 18.5 Å². The molecule has 0 spiro atoms. The van der Waals surface area contributed by atoms with Crippen LogP contribution >= 0.6 is 0 Å². The summed E-state index contributed by atoms with van der Waals surface area (Å²) < 4.78 is 5.64. The number of fused-ring (bicyclic) bond motifs is 1. The summed E-state index contributed by atoms with van der Waals surface area (Å²) >= 11 is 0. The van der Waals surface area contributed by atoms with E-state index in [0.29, 0.717) is 12.5 Å². The van der Waals surface area contributed by atoms with Crippen LogP contribution in [0.15, 0.2) is 24.3 Å². The summed E-state index contributed by atoms with van der Waals surface area (Å²) in [6.45, 7) is 6.00. The Morgan fingerprint density at radius 3 is 2.88 bits per heavy atom. The number of benzene rings is 1. The summed E-state index contributed by atoms with van der Waals surface area (Å²) in [4.78, 5) is 0. The van der Waals surface area contributed by atoms with Crippen molar-refractivity contribution >= 4 is 0 Å². The third kappa shape index (κ3) is 2.45. The number of rotatable bonds is 4. The zero-order valence-corrected chi connectivity index (χ0v) is 10.6. The van der Waals surface area contributed by atoms with Crippen LogP contribution in [0.1, 0.15) is 25.8 Å². The summed E-state index contributed by atoms with van der Waals surface area (Å²) in [5.41, 5.74) is 0.744. The molecule has 3 heteroatoms. The van der Waals surface area contributed by atoms with Crippen molar-refractivity contribution in [3.8, 4) is 5.75 Å². The molecule has 2 N–H and O–H groups in total. The minimum absolute atomic E-state index is 0.111. The lowest BCUT2D eigenvalue weighted by atomic mass is 9.85. The summed E-state index contributed by atoms with van der Waals surface area (Å²) in [6, 6.07) is 7.97. The predicted molar refractivity (Wildman–Crippen MR) is 68.2 cm³/mol. The normalized spacial score (nSPS) is 23.3. The van der Waals surface area contributed by atoms with Crippen LogP contribution in [0.3, 0.4) is 0 Å². The summed E-state index contributed by atoms with van der Waals surface area (Å²) in [5.74, 6) is 1.46. The van der Waals surface area contributed by atoms with E-state index in [1.165, 1.54) is 0 Å². The third-order valence-corrected chi connectivity index (χ3v) is 3.31. The molecule has 94 valence electrons. The summed E-state index contributed by atoms with van der Waals surface area (Å²) in [6.07, 6.45) is 0.813. The highest BCUT2D eigenvalue weighted by molar-refractivity contribution is 5.41. The molecular formula is C14H21NO2. The van der Waals surface area contributed by atoms with Gasteiger partial charge in [0.15, 0.2) is 0 Å². The Morgan fingerprint density at radius 1 is 1.41 bits per heavy atom. The molecule has 1 unspecified atom stereocenters. The molecule has 0 aliphatic carbocycles. The van der Waals surface area contributed by atoms with E-state index in [0.717, 1.165) is 24.3 Å². The van der Waals surface area contributed by atoms with Crippen molar-refractivity contribution in [3.05, 3.63) is 29.8 Å². The van der Waals surface area contributed by atoms with Crippen LogP contribution in [-0.4, -0.2) is 24.9 Å². The quantitative estimate of drug-likeness (QED) is 0.837. The largest absolute Gasteiger partial charge is 0.493 e. The number of nitrogens with one attached hydrogen (secondary N) is 1. The van der Waals surface area contributed by atoms with Gasteiger partial charge < -0.3 is 15.2 Å². The molecule has 1 heterocycles. The molecule has 0 amide bonds. The van der Waals surface area contributed by atoms with Crippen LogP contribution in [0.25, 0.3) is 0 Å². The minimum atomic E-state index is -0.334. The van der Waals surface area contributed by atoms with Crippen molar-refractivity contribution in [2.45, 2.75) is 25.8 Å². The highest BCUT2D eigenvalue weighted by Gasteiger charge is 2.36. The minimum Gasteiger partial charge on any atom is -0.493 e. The van der Waals surface area contributed by atoms with Gasteiger partial charge in [0.1, 0.15) is 5.75 Å². The lowest BCUT2D eigenvalue weighted by Crippen LogP contribution is -2.50. The average Bonchev–Trinajstić information content (AvgIpc) is 2.36. The van der Waals surface area contributed by atoms with Crippen molar-refractivity contribution in [3.63, 3.8) is 0 Å². The van der Waals surface area contributed by atoms with Gasteiger partial charge in [0.2, 0.25) is 0 Å². The Balaban J connectivity index is 2.28. The molecule has 0 bridgehead atoms. The van der Waals surface area contributed by atoms with Crippen LogP contribution in [0.2, 0.25) is 0 Å². The van der Waals surface area contributed by atoms with Gasteiger partial charge >= 0.3 is 0 Å². The fourth-order valence-electron chi connectivity index (χ4n) is 2.26. The molecule has 0 aromatic heterocycles. The van der Waals surface area contributed by atoms with Gasteiger partial charge in [-0.3, -0.25) is 0 Å². The average molecular weight is 235 g/mol.